The van der Waals surface area contributed by atoms with Crippen LogP contribution in [0.1, 0.15) is 40.0 Å². The minimum Gasteiger partial charge on any atom is -0.443 e. The third-order valence-corrected chi connectivity index (χ3v) is 5.70. The Labute approximate surface area is 143 Å². The molecule has 6 nitrogen and oxygen atoms in total. The van der Waals surface area contributed by atoms with Gasteiger partial charge in [0.05, 0.1) is 18.6 Å². The van der Waals surface area contributed by atoms with E-state index in [1.165, 1.54) is 5.57 Å². The maximum absolute atomic E-state index is 11.7. The van der Waals surface area contributed by atoms with Crippen molar-refractivity contribution in [2.24, 2.45) is 5.92 Å². The summed E-state index contributed by atoms with van der Waals surface area (Å²) in [5, 5.41) is 2.52. The molecule has 2 heterocycles. The minimum atomic E-state index is -0.420. The van der Waals surface area contributed by atoms with E-state index in [-0.39, 0.29) is 35.4 Å². The second-order valence-corrected chi connectivity index (χ2v) is 7.57. The zero-order chi connectivity index (χ0) is 17.5. The van der Waals surface area contributed by atoms with E-state index in [1.807, 2.05) is 0 Å². The van der Waals surface area contributed by atoms with Crippen LogP contribution in [0.4, 0.5) is 4.79 Å². The van der Waals surface area contributed by atoms with Gasteiger partial charge in [-0.05, 0) is 40.0 Å². The number of epoxide rings is 2. The molecule has 1 saturated carbocycles. The van der Waals surface area contributed by atoms with Gasteiger partial charge in [0, 0.05) is 14.2 Å². The summed E-state index contributed by atoms with van der Waals surface area (Å²) in [7, 11) is 3.24. The predicted molar refractivity (Wildman–Crippen MR) is 88.9 cm³/mol. The average Bonchev–Trinajstić information content (AvgIpc) is 3.45. The fourth-order valence-electron chi connectivity index (χ4n) is 4.27. The molecule has 6 atom stereocenters. The van der Waals surface area contributed by atoms with Crippen LogP contribution >= 0.6 is 0 Å². The van der Waals surface area contributed by atoms with Gasteiger partial charge in [-0.1, -0.05) is 11.6 Å². The van der Waals surface area contributed by atoms with Crippen LogP contribution in [-0.4, -0.2) is 56.4 Å². The molecule has 1 spiro atoms. The molecule has 3 fully saturated rings. The zero-order valence-electron chi connectivity index (χ0n) is 15.3. The van der Waals surface area contributed by atoms with Crippen molar-refractivity contribution in [2.75, 3.05) is 20.8 Å². The van der Waals surface area contributed by atoms with Gasteiger partial charge in [-0.3, -0.25) is 0 Å². The summed E-state index contributed by atoms with van der Waals surface area (Å²) in [5.41, 5.74) is 0.809. The Hall–Kier alpha value is -1.11. The lowest BCUT2D eigenvalue weighted by Gasteiger charge is -2.42. The molecule has 24 heavy (non-hydrogen) atoms. The van der Waals surface area contributed by atoms with Crippen LogP contribution in [0, 0.1) is 5.92 Å². The number of carbonyl (C=O) groups is 1. The molecule has 1 amide bonds. The molecule has 0 radical (unpaired) electrons. The highest BCUT2D eigenvalue weighted by Crippen LogP contribution is 2.59. The van der Waals surface area contributed by atoms with E-state index in [0.717, 1.165) is 25.9 Å². The summed E-state index contributed by atoms with van der Waals surface area (Å²) in [5.74, 6) is 0.0639. The Morgan fingerprint density at radius 2 is 2.12 bits per heavy atom. The smallest absolute Gasteiger partial charge is 0.407 e. The molecule has 2 saturated heterocycles. The first-order valence-electron chi connectivity index (χ1n) is 8.72. The summed E-state index contributed by atoms with van der Waals surface area (Å²) in [6.07, 6.45) is 3.96. The molecule has 136 valence electrons. The number of nitrogens with one attached hydrogen (secondary N) is 1. The third-order valence-electron chi connectivity index (χ3n) is 5.70. The average molecular weight is 339 g/mol. The second-order valence-electron chi connectivity index (χ2n) is 7.57. The van der Waals surface area contributed by atoms with Crippen molar-refractivity contribution in [1.82, 2.24) is 5.32 Å². The van der Waals surface area contributed by atoms with Crippen LogP contribution in [0.5, 0.6) is 0 Å². The predicted octanol–water partition coefficient (Wildman–Crippen LogP) is 2.42. The first kappa shape index (κ1) is 17.7. The van der Waals surface area contributed by atoms with Crippen LogP contribution in [-0.2, 0) is 18.9 Å². The quantitative estimate of drug-likeness (QED) is 0.615. The van der Waals surface area contributed by atoms with Gasteiger partial charge >= 0.3 is 6.09 Å². The van der Waals surface area contributed by atoms with Crippen LogP contribution in [0.3, 0.4) is 0 Å². The first-order chi connectivity index (χ1) is 11.4. The van der Waals surface area contributed by atoms with Gasteiger partial charge in [0.2, 0.25) is 0 Å². The van der Waals surface area contributed by atoms with Gasteiger partial charge in [-0.2, -0.15) is 0 Å². The topological polar surface area (TPSA) is 72.6 Å². The second kappa shape index (κ2) is 6.32. The number of rotatable bonds is 5. The number of amides is 1. The van der Waals surface area contributed by atoms with Crippen LogP contribution in [0.2, 0.25) is 0 Å². The summed E-state index contributed by atoms with van der Waals surface area (Å²) in [4.78, 5) is 11.7. The Bertz CT molecular complexity index is 526. The fourth-order valence-corrected chi connectivity index (χ4v) is 4.27. The molecular weight excluding hydrogens is 310 g/mol. The van der Waals surface area contributed by atoms with Crippen LogP contribution < -0.4 is 5.32 Å². The van der Waals surface area contributed by atoms with Crippen molar-refractivity contribution in [3.05, 3.63) is 11.6 Å². The Morgan fingerprint density at radius 1 is 1.42 bits per heavy atom. The van der Waals surface area contributed by atoms with E-state index in [2.05, 4.69) is 32.2 Å². The summed E-state index contributed by atoms with van der Waals surface area (Å²) >= 11 is 0. The van der Waals surface area contributed by atoms with Gasteiger partial charge in [-0.15, -0.1) is 0 Å². The van der Waals surface area contributed by atoms with Crippen molar-refractivity contribution in [3.63, 3.8) is 0 Å². The maximum Gasteiger partial charge on any atom is 0.407 e. The summed E-state index contributed by atoms with van der Waals surface area (Å²) in [6, 6.07) is 0. The van der Waals surface area contributed by atoms with E-state index in [4.69, 9.17) is 18.9 Å². The van der Waals surface area contributed by atoms with E-state index in [0.29, 0.717) is 0 Å². The molecule has 2 aliphatic heterocycles. The zero-order valence-corrected chi connectivity index (χ0v) is 15.3. The lowest BCUT2D eigenvalue weighted by atomic mass is 9.68. The minimum absolute atomic E-state index is 0.0639. The van der Waals surface area contributed by atoms with Crippen molar-refractivity contribution >= 4 is 6.09 Å². The summed E-state index contributed by atoms with van der Waals surface area (Å²) in [6.45, 7) is 7.06. The molecule has 0 aromatic rings. The van der Waals surface area contributed by atoms with Gasteiger partial charge in [0.1, 0.15) is 23.4 Å². The lowest BCUT2D eigenvalue weighted by Crippen LogP contribution is -2.56. The third kappa shape index (κ3) is 3.07. The molecule has 3 aliphatic rings. The van der Waals surface area contributed by atoms with Crippen molar-refractivity contribution in [3.8, 4) is 0 Å². The van der Waals surface area contributed by atoms with Gasteiger partial charge in [0.15, 0.2) is 0 Å². The van der Waals surface area contributed by atoms with E-state index in [9.17, 15) is 4.79 Å². The van der Waals surface area contributed by atoms with Crippen molar-refractivity contribution in [2.45, 2.75) is 69.5 Å². The van der Waals surface area contributed by atoms with E-state index in [1.54, 1.807) is 14.2 Å². The largest absolute Gasteiger partial charge is 0.443 e. The number of methoxy groups -OCH3 is 1. The fraction of sp³-hybridized carbons (Fsp3) is 0.833. The Kier molecular flexibility index (Phi) is 4.66. The molecule has 1 N–H and O–H groups in total. The molecule has 0 unspecified atom stereocenters. The van der Waals surface area contributed by atoms with Gasteiger partial charge in [-0.25, -0.2) is 4.79 Å². The molecule has 6 heteroatoms. The first-order valence-corrected chi connectivity index (χ1v) is 8.72. The molecule has 3 rings (SSSR count). The molecule has 0 aromatic heterocycles. The highest BCUT2D eigenvalue weighted by atomic mass is 16.6. The Morgan fingerprint density at radius 3 is 2.67 bits per heavy atom. The lowest BCUT2D eigenvalue weighted by molar-refractivity contribution is -0.117. The van der Waals surface area contributed by atoms with Crippen molar-refractivity contribution < 1.29 is 23.7 Å². The summed E-state index contributed by atoms with van der Waals surface area (Å²) < 4.78 is 23.3. The van der Waals surface area contributed by atoms with Crippen molar-refractivity contribution in [1.29, 1.82) is 0 Å². The van der Waals surface area contributed by atoms with E-state index >= 15 is 0 Å². The normalized spacial score (nSPS) is 43.2. The molecule has 1 aliphatic carbocycles. The number of hydrogen-bond donors (Lipinski definition) is 1. The number of allylic oxidation sites excluding steroid dienone is 1. The number of alkyl carbamates (subject to hydrolysis) is 1. The molecular formula is C18H29NO5. The maximum atomic E-state index is 11.7. The highest BCUT2D eigenvalue weighted by Gasteiger charge is 2.72. The van der Waals surface area contributed by atoms with Crippen LogP contribution in [0.15, 0.2) is 11.6 Å². The van der Waals surface area contributed by atoms with Crippen LogP contribution in [0.25, 0.3) is 0 Å². The standard InChI is InChI=1S/C18H29NO5/c1-11(2)6-7-13-17(3,24-13)15-14(21-5)12(23-16(20)19-4)8-9-18(15)10-22-18/h6,12-15H,7-10H2,1-5H3,(H,19,20)/t12-,13-,14-,15-,17+,18+/m1/s1. The highest BCUT2D eigenvalue weighted by molar-refractivity contribution is 5.67. The SMILES string of the molecule is CNC(=O)O[C@@H]1CC[C@]2(CO2)[C@@H]([C@@]2(C)O[C@@H]2CC=C(C)C)[C@@H]1OC. The van der Waals surface area contributed by atoms with Gasteiger partial charge in [0.25, 0.3) is 0 Å². The molecule has 0 bridgehead atoms. The van der Waals surface area contributed by atoms with Gasteiger partial charge < -0.3 is 24.3 Å². The number of hydrogen-bond acceptors (Lipinski definition) is 5. The molecule has 0 aromatic carbocycles. The number of carbonyl (C=O) groups excluding carboxylic acids is 1. The van der Waals surface area contributed by atoms with E-state index < -0.39 is 6.09 Å². The number of ether oxygens (including phenoxy) is 4. The Balaban J connectivity index is 1.78. The monoisotopic (exact) mass is 339 g/mol.